The third kappa shape index (κ3) is 6.19. The Kier molecular flexibility index (Phi) is 9.61. The summed E-state index contributed by atoms with van der Waals surface area (Å²) in [4.78, 5) is 0. The molecule has 2 saturated heterocycles. The Morgan fingerprint density at radius 2 is 1.17 bits per heavy atom. The lowest BCUT2D eigenvalue weighted by Gasteiger charge is -2.37. The van der Waals surface area contributed by atoms with Crippen LogP contribution in [-0.4, -0.2) is 127 Å². The Hall–Kier alpha value is -2.10. The van der Waals surface area contributed by atoms with Crippen molar-refractivity contribution in [3.63, 3.8) is 0 Å². The highest BCUT2D eigenvalue weighted by Gasteiger charge is 2.43. The third-order valence-corrected chi connectivity index (χ3v) is 5.98. The lowest BCUT2D eigenvalue weighted by Crippen LogP contribution is -2.58. The van der Waals surface area contributed by atoms with Crippen LogP contribution in [0.25, 0.3) is 0 Å². The molecule has 0 amide bonds. The van der Waals surface area contributed by atoms with Crippen LogP contribution in [0.2, 0.25) is 0 Å². The second-order valence-corrected chi connectivity index (χ2v) is 8.38. The lowest BCUT2D eigenvalue weighted by molar-refractivity contribution is -0.214. The second kappa shape index (κ2) is 12.2. The minimum Gasteiger partial charge on any atom is -0.396 e. The Labute approximate surface area is 201 Å². The first-order valence-electron chi connectivity index (χ1n) is 11.1. The molecule has 35 heavy (non-hydrogen) atoms. The van der Waals surface area contributed by atoms with E-state index in [1.54, 1.807) is 18.2 Å². The molecule has 11 nitrogen and oxygen atoms in total. The fourth-order valence-corrected chi connectivity index (χ4v) is 3.87. The standard InChI is InChI=1S/C24H30O11/c25-8-7-14-9-12(2-5-15-19(28)23(32)21(30)17(10-26)34-15)1-3-13(14)4-6-16-20(29)24(33)22(31)18(11-27)35-16/h1,3,9,15-33H,7-8,10-11H2/t15-,16-,17-,18-,19-,20-,21-,22-,23-,24-/m1/s1. The molecule has 1 aromatic rings. The zero-order chi connectivity index (χ0) is 25.7. The summed E-state index contributed by atoms with van der Waals surface area (Å²) < 4.78 is 10.7. The van der Waals surface area contributed by atoms with Crippen molar-refractivity contribution in [2.75, 3.05) is 19.8 Å². The maximum absolute atomic E-state index is 10.1. The SMILES string of the molecule is OCCc1cc(C#C[C@H]2O[C@H](CO)[C@@H](O)[C@H](O)[C@@H]2O)ccc1C#C[C@H]1O[C@H](CO)[C@@H](O)[C@H](O)[C@@H]1O. The topological polar surface area (TPSA) is 201 Å². The molecule has 10 atom stereocenters. The Morgan fingerprint density at radius 3 is 1.66 bits per heavy atom. The van der Waals surface area contributed by atoms with Gasteiger partial charge in [-0.15, -0.1) is 0 Å². The van der Waals surface area contributed by atoms with Crippen molar-refractivity contribution in [3.8, 4) is 23.7 Å². The highest BCUT2D eigenvalue weighted by molar-refractivity contribution is 5.48. The van der Waals surface area contributed by atoms with Crippen molar-refractivity contribution in [1.29, 1.82) is 0 Å². The summed E-state index contributed by atoms with van der Waals surface area (Å²) in [7, 11) is 0. The molecule has 2 heterocycles. The number of hydrogen-bond donors (Lipinski definition) is 9. The van der Waals surface area contributed by atoms with Gasteiger partial charge in [-0.2, -0.15) is 0 Å². The van der Waals surface area contributed by atoms with E-state index < -0.39 is 74.3 Å². The van der Waals surface area contributed by atoms with Crippen LogP contribution in [0.5, 0.6) is 0 Å². The fraction of sp³-hybridized carbons (Fsp3) is 0.583. The number of hydrogen-bond acceptors (Lipinski definition) is 11. The molecular weight excluding hydrogens is 464 g/mol. The molecule has 9 N–H and O–H groups in total. The number of benzene rings is 1. The number of ether oxygens (including phenoxy) is 2. The van der Waals surface area contributed by atoms with E-state index in [-0.39, 0.29) is 13.0 Å². The minimum absolute atomic E-state index is 0.196. The van der Waals surface area contributed by atoms with Crippen molar-refractivity contribution in [2.24, 2.45) is 0 Å². The predicted molar refractivity (Wildman–Crippen MR) is 119 cm³/mol. The summed E-state index contributed by atoms with van der Waals surface area (Å²) in [6.07, 6.45) is -13.3. The van der Waals surface area contributed by atoms with Gasteiger partial charge in [0.1, 0.15) is 61.0 Å². The Bertz CT molecular complexity index is 973. The molecule has 2 aliphatic heterocycles. The van der Waals surface area contributed by atoms with Crippen molar-refractivity contribution in [1.82, 2.24) is 0 Å². The highest BCUT2D eigenvalue weighted by Crippen LogP contribution is 2.22. The van der Waals surface area contributed by atoms with Crippen LogP contribution < -0.4 is 0 Å². The van der Waals surface area contributed by atoms with E-state index in [0.717, 1.165) is 0 Å². The van der Waals surface area contributed by atoms with E-state index >= 15 is 0 Å². The van der Waals surface area contributed by atoms with E-state index in [2.05, 4.69) is 23.7 Å². The summed E-state index contributed by atoms with van der Waals surface area (Å²) in [5, 5.41) is 87.8. The van der Waals surface area contributed by atoms with Crippen LogP contribution in [0.1, 0.15) is 16.7 Å². The normalized spacial score (nSPS) is 37.1. The fourth-order valence-electron chi connectivity index (χ4n) is 3.87. The average molecular weight is 494 g/mol. The maximum atomic E-state index is 10.1. The minimum atomic E-state index is -1.54. The molecule has 1 aromatic carbocycles. The zero-order valence-corrected chi connectivity index (χ0v) is 18.7. The van der Waals surface area contributed by atoms with E-state index in [1.807, 2.05) is 0 Å². The van der Waals surface area contributed by atoms with Crippen LogP contribution in [0.15, 0.2) is 18.2 Å². The van der Waals surface area contributed by atoms with Crippen molar-refractivity contribution >= 4 is 0 Å². The highest BCUT2D eigenvalue weighted by atomic mass is 16.5. The van der Waals surface area contributed by atoms with Crippen molar-refractivity contribution in [3.05, 3.63) is 34.9 Å². The monoisotopic (exact) mass is 494 g/mol. The van der Waals surface area contributed by atoms with Gasteiger partial charge in [-0.25, -0.2) is 0 Å². The largest absolute Gasteiger partial charge is 0.396 e. The summed E-state index contributed by atoms with van der Waals surface area (Å²) in [6, 6.07) is 4.86. The molecule has 0 spiro atoms. The first-order chi connectivity index (χ1) is 16.7. The van der Waals surface area contributed by atoms with Crippen LogP contribution in [0, 0.1) is 23.7 Å². The molecule has 0 aromatic heterocycles. The molecule has 0 saturated carbocycles. The van der Waals surface area contributed by atoms with Gasteiger partial charge in [-0.3, -0.25) is 0 Å². The number of rotatable bonds is 4. The van der Waals surface area contributed by atoms with Gasteiger partial charge >= 0.3 is 0 Å². The van der Waals surface area contributed by atoms with Crippen LogP contribution in [0.4, 0.5) is 0 Å². The molecule has 0 aliphatic carbocycles. The molecule has 3 rings (SSSR count). The van der Waals surface area contributed by atoms with Crippen LogP contribution in [0.3, 0.4) is 0 Å². The van der Waals surface area contributed by atoms with Crippen molar-refractivity contribution in [2.45, 2.75) is 67.5 Å². The number of aliphatic hydroxyl groups is 9. The molecule has 2 fully saturated rings. The Morgan fingerprint density at radius 1 is 0.657 bits per heavy atom. The van der Waals surface area contributed by atoms with Gasteiger partial charge in [0.2, 0.25) is 0 Å². The molecule has 11 heteroatoms. The first-order valence-corrected chi connectivity index (χ1v) is 11.1. The van der Waals surface area contributed by atoms with Gasteiger partial charge in [-0.1, -0.05) is 23.7 Å². The third-order valence-electron chi connectivity index (χ3n) is 5.98. The van der Waals surface area contributed by atoms with Gasteiger partial charge < -0.3 is 55.4 Å². The molecule has 2 aliphatic rings. The zero-order valence-electron chi connectivity index (χ0n) is 18.7. The molecular formula is C24H30O11. The van der Waals surface area contributed by atoms with E-state index in [9.17, 15) is 46.0 Å². The quantitative estimate of drug-likeness (QED) is 0.183. The predicted octanol–water partition coefficient (Wildman–Crippen LogP) is -4.39. The van der Waals surface area contributed by atoms with Crippen molar-refractivity contribution < 1.29 is 55.4 Å². The Balaban J connectivity index is 1.81. The van der Waals surface area contributed by atoms with Gasteiger partial charge in [0.25, 0.3) is 0 Å². The summed E-state index contributed by atoms with van der Waals surface area (Å²) in [5.41, 5.74) is 1.56. The average Bonchev–Trinajstić information content (AvgIpc) is 2.86. The van der Waals surface area contributed by atoms with Gasteiger partial charge in [0.05, 0.1) is 13.2 Å². The lowest BCUT2D eigenvalue weighted by atomic mass is 9.94. The summed E-state index contributed by atoms with van der Waals surface area (Å²) >= 11 is 0. The maximum Gasteiger partial charge on any atom is 0.147 e. The van der Waals surface area contributed by atoms with E-state index in [0.29, 0.717) is 16.7 Å². The van der Waals surface area contributed by atoms with E-state index in [4.69, 9.17) is 9.47 Å². The smallest absolute Gasteiger partial charge is 0.147 e. The van der Waals surface area contributed by atoms with Gasteiger partial charge in [-0.05, 0) is 30.2 Å². The van der Waals surface area contributed by atoms with Crippen LogP contribution >= 0.6 is 0 Å². The number of aliphatic hydroxyl groups excluding tert-OH is 9. The second-order valence-electron chi connectivity index (χ2n) is 8.38. The molecule has 0 unspecified atom stereocenters. The van der Waals surface area contributed by atoms with Gasteiger partial charge in [0, 0.05) is 17.7 Å². The van der Waals surface area contributed by atoms with E-state index in [1.165, 1.54) is 0 Å². The first kappa shape index (κ1) is 27.5. The van der Waals surface area contributed by atoms with Crippen LogP contribution in [-0.2, 0) is 15.9 Å². The van der Waals surface area contributed by atoms with Gasteiger partial charge in [0.15, 0.2) is 0 Å². The summed E-state index contributed by atoms with van der Waals surface area (Å²) in [6.45, 7) is -1.33. The molecule has 192 valence electrons. The molecule has 0 bridgehead atoms. The summed E-state index contributed by atoms with van der Waals surface area (Å²) in [5.74, 6) is 11.0. The molecule has 0 radical (unpaired) electrons.